The summed E-state index contributed by atoms with van der Waals surface area (Å²) in [6.45, 7) is 3.82. The Labute approximate surface area is 140 Å². The largest absolute Gasteiger partial charge is 0.325 e. The van der Waals surface area contributed by atoms with Gasteiger partial charge in [-0.05, 0) is 37.1 Å². The van der Waals surface area contributed by atoms with E-state index in [0.717, 1.165) is 18.4 Å². The number of aryl methyl sites for hydroxylation is 1. The van der Waals surface area contributed by atoms with Crippen molar-refractivity contribution < 1.29 is 14.0 Å². The molecule has 2 N–H and O–H groups in total. The van der Waals surface area contributed by atoms with E-state index in [1.54, 1.807) is 19.1 Å². The number of aromatic nitrogens is 1. The first-order valence-electron chi connectivity index (χ1n) is 7.83. The van der Waals surface area contributed by atoms with Crippen LogP contribution in [0.3, 0.4) is 0 Å². The van der Waals surface area contributed by atoms with E-state index in [9.17, 15) is 14.0 Å². The standard InChI is InChI=1S/C18H20FN3O2/c1-3-4-9-17(23)21-15-11-20-16(10-12(15)2)22-18(24)13-7-5-6-8-14(13)19/h5-8,10-11H,3-4,9H2,1-2H3,(H,21,23)(H,20,22,24). The highest BCUT2D eigenvalue weighted by Crippen LogP contribution is 2.18. The molecule has 6 heteroatoms. The molecule has 1 heterocycles. The Morgan fingerprint density at radius 2 is 1.96 bits per heavy atom. The summed E-state index contributed by atoms with van der Waals surface area (Å²) in [5, 5.41) is 5.34. The third-order valence-corrected chi connectivity index (χ3v) is 3.50. The highest BCUT2D eigenvalue weighted by molar-refractivity contribution is 6.04. The van der Waals surface area contributed by atoms with E-state index in [0.29, 0.717) is 17.9 Å². The number of benzene rings is 1. The van der Waals surface area contributed by atoms with Gasteiger partial charge in [-0.1, -0.05) is 25.5 Å². The van der Waals surface area contributed by atoms with Crippen LogP contribution in [-0.2, 0) is 4.79 Å². The van der Waals surface area contributed by atoms with Crippen molar-refractivity contribution >= 4 is 23.3 Å². The molecule has 0 fully saturated rings. The summed E-state index contributed by atoms with van der Waals surface area (Å²) in [7, 11) is 0. The predicted molar refractivity (Wildman–Crippen MR) is 91.5 cm³/mol. The van der Waals surface area contributed by atoms with Crippen molar-refractivity contribution in [3.05, 3.63) is 53.5 Å². The van der Waals surface area contributed by atoms with Gasteiger partial charge in [-0.2, -0.15) is 0 Å². The molecule has 0 aliphatic heterocycles. The van der Waals surface area contributed by atoms with Crippen LogP contribution in [0.25, 0.3) is 0 Å². The topological polar surface area (TPSA) is 71.1 Å². The molecule has 0 radical (unpaired) electrons. The molecule has 1 aromatic heterocycles. The minimum atomic E-state index is -0.591. The van der Waals surface area contributed by atoms with E-state index >= 15 is 0 Å². The SMILES string of the molecule is CCCCC(=O)Nc1cnc(NC(=O)c2ccccc2F)cc1C. The van der Waals surface area contributed by atoms with Crippen LogP contribution in [0, 0.1) is 12.7 Å². The summed E-state index contributed by atoms with van der Waals surface area (Å²) in [4.78, 5) is 27.9. The second-order valence-corrected chi connectivity index (χ2v) is 5.47. The van der Waals surface area contributed by atoms with E-state index in [-0.39, 0.29) is 11.5 Å². The molecular formula is C18H20FN3O2. The number of anilines is 2. The Morgan fingerprint density at radius 1 is 1.21 bits per heavy atom. The molecule has 0 saturated carbocycles. The van der Waals surface area contributed by atoms with Crippen molar-refractivity contribution in [1.29, 1.82) is 0 Å². The molecule has 1 aromatic carbocycles. The lowest BCUT2D eigenvalue weighted by Crippen LogP contribution is -2.16. The van der Waals surface area contributed by atoms with E-state index in [1.165, 1.54) is 24.4 Å². The van der Waals surface area contributed by atoms with E-state index in [1.807, 2.05) is 6.92 Å². The van der Waals surface area contributed by atoms with Crippen molar-refractivity contribution in [1.82, 2.24) is 4.98 Å². The summed E-state index contributed by atoms with van der Waals surface area (Å²) < 4.78 is 13.6. The Kier molecular flexibility index (Phi) is 6.01. The summed E-state index contributed by atoms with van der Waals surface area (Å²) in [6.07, 6.45) is 3.72. The number of carbonyl (C=O) groups excluding carboxylic acids is 2. The fourth-order valence-electron chi connectivity index (χ4n) is 2.13. The van der Waals surface area contributed by atoms with Crippen molar-refractivity contribution in [2.75, 3.05) is 10.6 Å². The Hall–Kier alpha value is -2.76. The van der Waals surface area contributed by atoms with Crippen LogP contribution >= 0.6 is 0 Å². The lowest BCUT2D eigenvalue weighted by Gasteiger charge is -2.10. The second kappa shape index (κ2) is 8.19. The monoisotopic (exact) mass is 329 g/mol. The van der Waals surface area contributed by atoms with Gasteiger partial charge in [0.1, 0.15) is 11.6 Å². The van der Waals surface area contributed by atoms with Crippen LogP contribution < -0.4 is 10.6 Å². The molecule has 0 spiro atoms. The number of rotatable bonds is 6. The van der Waals surface area contributed by atoms with Crippen LogP contribution in [0.2, 0.25) is 0 Å². The lowest BCUT2D eigenvalue weighted by molar-refractivity contribution is -0.116. The molecule has 0 unspecified atom stereocenters. The molecule has 0 bridgehead atoms. The summed E-state index contributed by atoms with van der Waals surface area (Å²) in [6, 6.07) is 7.37. The van der Waals surface area contributed by atoms with E-state index < -0.39 is 11.7 Å². The Balaban J connectivity index is 2.05. The maximum Gasteiger partial charge on any atom is 0.259 e. The van der Waals surface area contributed by atoms with Crippen molar-refractivity contribution in [2.24, 2.45) is 0 Å². The number of halogens is 1. The normalized spacial score (nSPS) is 10.3. The van der Waals surface area contributed by atoms with Crippen molar-refractivity contribution in [2.45, 2.75) is 33.1 Å². The van der Waals surface area contributed by atoms with Gasteiger partial charge in [0.25, 0.3) is 5.91 Å². The number of pyridine rings is 1. The smallest absolute Gasteiger partial charge is 0.259 e. The first-order chi connectivity index (χ1) is 11.5. The second-order valence-electron chi connectivity index (χ2n) is 5.47. The summed E-state index contributed by atoms with van der Waals surface area (Å²) in [5.41, 5.74) is 1.31. The van der Waals surface area contributed by atoms with Crippen LogP contribution in [0.15, 0.2) is 36.5 Å². The quantitative estimate of drug-likeness (QED) is 0.844. The highest BCUT2D eigenvalue weighted by Gasteiger charge is 2.12. The molecule has 0 atom stereocenters. The maximum absolute atomic E-state index is 13.6. The molecule has 126 valence electrons. The number of hydrogen-bond donors (Lipinski definition) is 2. The average molecular weight is 329 g/mol. The lowest BCUT2D eigenvalue weighted by atomic mass is 10.2. The van der Waals surface area contributed by atoms with Gasteiger partial charge >= 0.3 is 0 Å². The molecule has 2 amide bonds. The third kappa shape index (κ3) is 4.62. The maximum atomic E-state index is 13.6. The first-order valence-corrected chi connectivity index (χ1v) is 7.83. The molecule has 2 aromatic rings. The summed E-state index contributed by atoms with van der Waals surface area (Å²) >= 11 is 0. The molecule has 0 aliphatic rings. The predicted octanol–water partition coefficient (Wildman–Crippen LogP) is 3.91. The van der Waals surface area contributed by atoms with Crippen LogP contribution in [-0.4, -0.2) is 16.8 Å². The van der Waals surface area contributed by atoms with Gasteiger partial charge in [0, 0.05) is 6.42 Å². The minimum absolute atomic E-state index is 0.0473. The van der Waals surface area contributed by atoms with Gasteiger partial charge in [0.2, 0.25) is 5.91 Å². The van der Waals surface area contributed by atoms with Crippen LogP contribution in [0.4, 0.5) is 15.9 Å². The molecule has 0 aliphatic carbocycles. The Bertz CT molecular complexity index is 747. The first kappa shape index (κ1) is 17.6. The van der Waals surface area contributed by atoms with Gasteiger partial charge in [-0.15, -0.1) is 0 Å². The van der Waals surface area contributed by atoms with Crippen LogP contribution in [0.5, 0.6) is 0 Å². The number of nitrogens with one attached hydrogen (secondary N) is 2. The zero-order chi connectivity index (χ0) is 17.5. The molecule has 2 rings (SSSR count). The van der Waals surface area contributed by atoms with Gasteiger partial charge in [0.15, 0.2) is 0 Å². The zero-order valence-electron chi connectivity index (χ0n) is 13.7. The molecule has 0 saturated heterocycles. The molecular weight excluding hydrogens is 309 g/mol. The minimum Gasteiger partial charge on any atom is -0.325 e. The number of hydrogen-bond acceptors (Lipinski definition) is 3. The van der Waals surface area contributed by atoms with Gasteiger partial charge < -0.3 is 10.6 Å². The van der Waals surface area contributed by atoms with Crippen molar-refractivity contribution in [3.8, 4) is 0 Å². The van der Waals surface area contributed by atoms with Gasteiger partial charge in [-0.3, -0.25) is 9.59 Å². The average Bonchev–Trinajstić information content (AvgIpc) is 2.55. The summed E-state index contributed by atoms with van der Waals surface area (Å²) in [5.74, 6) is -0.927. The van der Waals surface area contributed by atoms with Gasteiger partial charge in [0.05, 0.1) is 17.4 Å². The van der Waals surface area contributed by atoms with E-state index in [2.05, 4.69) is 15.6 Å². The highest BCUT2D eigenvalue weighted by atomic mass is 19.1. The fraction of sp³-hybridized carbons (Fsp3) is 0.278. The molecule has 5 nitrogen and oxygen atoms in total. The third-order valence-electron chi connectivity index (χ3n) is 3.50. The molecule has 24 heavy (non-hydrogen) atoms. The van der Waals surface area contributed by atoms with Crippen molar-refractivity contribution in [3.63, 3.8) is 0 Å². The number of amides is 2. The Morgan fingerprint density at radius 3 is 2.62 bits per heavy atom. The number of nitrogens with zero attached hydrogens (tertiary/aromatic N) is 1. The van der Waals surface area contributed by atoms with Gasteiger partial charge in [-0.25, -0.2) is 9.37 Å². The number of unbranched alkanes of at least 4 members (excludes halogenated alkanes) is 1. The number of carbonyl (C=O) groups is 2. The fourth-order valence-corrected chi connectivity index (χ4v) is 2.13. The zero-order valence-corrected chi connectivity index (χ0v) is 13.7. The van der Waals surface area contributed by atoms with Crippen LogP contribution in [0.1, 0.15) is 42.1 Å². The van der Waals surface area contributed by atoms with E-state index in [4.69, 9.17) is 0 Å².